The van der Waals surface area contributed by atoms with Crippen molar-refractivity contribution < 1.29 is 14.2 Å². The molecule has 12 nitrogen and oxygen atoms in total. The number of nitro benzene ring substituents is 1. The zero-order valence-electron chi connectivity index (χ0n) is 16.8. The van der Waals surface area contributed by atoms with Crippen molar-refractivity contribution in [2.45, 2.75) is 29.9 Å². The number of carbonyl (C=O) groups excluding carboxylic acids is 1. The predicted molar refractivity (Wildman–Crippen MR) is 115 cm³/mol. The van der Waals surface area contributed by atoms with Gasteiger partial charge in [0.2, 0.25) is 27.9 Å². The molecule has 0 fully saturated rings. The van der Waals surface area contributed by atoms with Crippen molar-refractivity contribution in [1.29, 1.82) is 0 Å². The minimum absolute atomic E-state index is 0.0110. The minimum atomic E-state index is -0.475. The summed E-state index contributed by atoms with van der Waals surface area (Å²) in [6, 6.07) is 5.86. The second kappa shape index (κ2) is 10.3. The number of nitrogens with two attached hydrogens (primary N) is 1. The molecule has 0 bridgehead atoms. The number of hydrogen-bond donors (Lipinski definition) is 1. The van der Waals surface area contributed by atoms with Crippen LogP contribution in [0.4, 0.5) is 5.69 Å². The van der Waals surface area contributed by atoms with Crippen molar-refractivity contribution in [3.63, 3.8) is 0 Å². The second-order valence-electron chi connectivity index (χ2n) is 6.09. The van der Waals surface area contributed by atoms with E-state index in [4.69, 9.17) is 10.4 Å². The molecule has 3 aromatic rings. The third kappa shape index (κ3) is 5.52. The quantitative estimate of drug-likeness (QED) is 0.203. The molecule has 0 atom stereocenters. The summed E-state index contributed by atoms with van der Waals surface area (Å²) in [7, 11) is 0. The first-order valence-electron chi connectivity index (χ1n) is 9.24. The van der Waals surface area contributed by atoms with Crippen LogP contribution in [0.5, 0.6) is 0 Å². The summed E-state index contributed by atoms with van der Waals surface area (Å²) in [5, 5.41) is 23.6. The summed E-state index contributed by atoms with van der Waals surface area (Å²) in [4.78, 5) is 28.4. The van der Waals surface area contributed by atoms with E-state index in [1.807, 2.05) is 13.8 Å². The Bertz CT molecular complexity index is 1050. The minimum Gasteiger partial charge on any atom is -0.343 e. The second-order valence-corrected chi connectivity index (χ2v) is 7.98. The Hall–Kier alpha value is -3.13. The highest BCUT2D eigenvalue weighted by Crippen LogP contribution is 2.25. The smallest absolute Gasteiger partial charge is 0.269 e. The molecule has 2 aromatic heterocycles. The normalized spacial score (nSPS) is 10.9. The molecular formula is C17H20N8O4S2. The average Bonchev–Trinajstić information content (AvgIpc) is 3.38. The Balaban J connectivity index is 1.57. The Morgan fingerprint density at radius 2 is 1.84 bits per heavy atom. The fraction of sp³-hybridized carbons (Fsp3) is 0.353. The lowest BCUT2D eigenvalue weighted by atomic mass is 10.2. The van der Waals surface area contributed by atoms with Gasteiger partial charge in [0.15, 0.2) is 0 Å². The van der Waals surface area contributed by atoms with Gasteiger partial charge in [-0.1, -0.05) is 28.7 Å². The molecule has 1 amide bonds. The maximum absolute atomic E-state index is 12.1. The summed E-state index contributed by atoms with van der Waals surface area (Å²) in [6.45, 7) is 5.16. The van der Waals surface area contributed by atoms with E-state index in [0.29, 0.717) is 46.4 Å². The molecule has 164 valence electrons. The molecule has 0 unspecified atom stereocenters. The van der Waals surface area contributed by atoms with Crippen LogP contribution in [-0.4, -0.2) is 59.6 Å². The van der Waals surface area contributed by atoms with Gasteiger partial charge in [-0.25, -0.2) is 4.68 Å². The number of carbonyl (C=O) groups is 1. The summed E-state index contributed by atoms with van der Waals surface area (Å²) in [5.41, 5.74) is 0.585. The number of hydrogen-bond acceptors (Lipinski definition) is 11. The molecule has 14 heteroatoms. The standard InChI is InChI=1S/C17H20N8O4S2/c1-3-23(4-2)14(26)10-31-17-21-20-16(24(17)18)30-9-13-19-15(22-29-13)11-5-7-12(8-6-11)25(27)28/h5-8H,3-4,9-10,18H2,1-2H3. The number of aromatic nitrogens is 5. The molecule has 31 heavy (non-hydrogen) atoms. The number of non-ortho nitro benzene ring substituents is 1. The molecule has 0 aliphatic heterocycles. The van der Waals surface area contributed by atoms with Crippen molar-refractivity contribution in [3.8, 4) is 11.4 Å². The lowest BCUT2D eigenvalue weighted by Crippen LogP contribution is -2.32. The van der Waals surface area contributed by atoms with E-state index >= 15 is 0 Å². The van der Waals surface area contributed by atoms with Crippen LogP contribution < -0.4 is 5.84 Å². The summed E-state index contributed by atoms with van der Waals surface area (Å²) >= 11 is 2.48. The predicted octanol–water partition coefficient (Wildman–Crippen LogP) is 2.20. The van der Waals surface area contributed by atoms with Crippen LogP contribution >= 0.6 is 23.5 Å². The van der Waals surface area contributed by atoms with E-state index in [0.717, 1.165) is 0 Å². The molecule has 0 saturated carbocycles. The highest BCUT2D eigenvalue weighted by atomic mass is 32.2. The van der Waals surface area contributed by atoms with E-state index in [1.54, 1.807) is 17.0 Å². The molecule has 0 spiro atoms. The SMILES string of the molecule is CCN(CC)C(=O)CSc1nnc(SCc2nc(-c3ccc([N+](=O)[O-])cc3)no2)n1N. The van der Waals surface area contributed by atoms with Crippen molar-refractivity contribution in [3.05, 3.63) is 40.3 Å². The first-order valence-corrected chi connectivity index (χ1v) is 11.2. The highest BCUT2D eigenvalue weighted by molar-refractivity contribution is 8.00. The van der Waals surface area contributed by atoms with Gasteiger partial charge in [0.1, 0.15) is 0 Å². The van der Waals surface area contributed by atoms with Gasteiger partial charge < -0.3 is 15.3 Å². The Labute approximate surface area is 185 Å². The van der Waals surface area contributed by atoms with Gasteiger partial charge >= 0.3 is 0 Å². The molecule has 0 aliphatic carbocycles. The van der Waals surface area contributed by atoms with E-state index < -0.39 is 4.92 Å². The third-order valence-electron chi connectivity index (χ3n) is 4.20. The van der Waals surface area contributed by atoms with E-state index in [1.165, 1.54) is 40.3 Å². The fourth-order valence-corrected chi connectivity index (χ4v) is 4.05. The van der Waals surface area contributed by atoms with Gasteiger partial charge in [0, 0.05) is 30.8 Å². The maximum atomic E-state index is 12.1. The van der Waals surface area contributed by atoms with Gasteiger partial charge in [-0.2, -0.15) is 4.98 Å². The molecule has 3 rings (SSSR count). The summed E-state index contributed by atoms with van der Waals surface area (Å²) in [6.07, 6.45) is 0. The topological polar surface area (TPSA) is 159 Å². The number of thioether (sulfide) groups is 2. The van der Waals surface area contributed by atoms with Gasteiger partial charge in [-0.3, -0.25) is 14.9 Å². The lowest BCUT2D eigenvalue weighted by molar-refractivity contribution is -0.384. The monoisotopic (exact) mass is 464 g/mol. The van der Waals surface area contributed by atoms with Crippen LogP contribution in [0, 0.1) is 10.1 Å². The van der Waals surface area contributed by atoms with Crippen LogP contribution in [0.25, 0.3) is 11.4 Å². The number of rotatable bonds is 10. The van der Waals surface area contributed by atoms with Crippen molar-refractivity contribution in [2.24, 2.45) is 0 Å². The molecule has 0 aliphatic rings. The van der Waals surface area contributed by atoms with Crippen LogP contribution in [-0.2, 0) is 10.5 Å². The van der Waals surface area contributed by atoms with Crippen LogP contribution in [0.15, 0.2) is 39.1 Å². The van der Waals surface area contributed by atoms with E-state index in [2.05, 4.69) is 20.3 Å². The van der Waals surface area contributed by atoms with Crippen molar-refractivity contribution >= 4 is 35.1 Å². The molecular weight excluding hydrogens is 444 g/mol. The van der Waals surface area contributed by atoms with Crippen molar-refractivity contribution in [1.82, 2.24) is 29.9 Å². The zero-order chi connectivity index (χ0) is 22.4. The molecule has 1 aromatic carbocycles. The number of nitrogen functional groups attached to an aromatic ring is 1. The van der Waals surface area contributed by atoms with E-state index in [9.17, 15) is 14.9 Å². The average molecular weight is 465 g/mol. The molecule has 2 heterocycles. The number of amides is 1. The largest absolute Gasteiger partial charge is 0.343 e. The number of nitrogens with zero attached hydrogens (tertiary/aromatic N) is 7. The number of benzene rings is 1. The van der Waals surface area contributed by atoms with Gasteiger partial charge in [-0.15, -0.1) is 10.2 Å². The summed E-state index contributed by atoms with van der Waals surface area (Å²) < 4.78 is 6.54. The molecule has 0 saturated heterocycles. The Morgan fingerprint density at radius 1 is 1.19 bits per heavy atom. The van der Waals surface area contributed by atoms with Crippen LogP contribution in [0.2, 0.25) is 0 Å². The van der Waals surface area contributed by atoms with Gasteiger partial charge in [0.05, 0.1) is 16.4 Å². The summed E-state index contributed by atoms with van der Waals surface area (Å²) in [5.74, 6) is 7.24. The Morgan fingerprint density at radius 3 is 2.45 bits per heavy atom. The van der Waals surface area contributed by atoms with Gasteiger partial charge in [-0.05, 0) is 26.0 Å². The molecule has 2 N–H and O–H groups in total. The lowest BCUT2D eigenvalue weighted by Gasteiger charge is -2.17. The van der Waals surface area contributed by atoms with Crippen molar-refractivity contribution in [2.75, 3.05) is 24.7 Å². The first-order chi connectivity index (χ1) is 14.9. The first kappa shape index (κ1) is 22.6. The van der Waals surface area contributed by atoms with Crippen LogP contribution in [0.1, 0.15) is 19.7 Å². The van der Waals surface area contributed by atoms with Crippen LogP contribution in [0.3, 0.4) is 0 Å². The fourth-order valence-electron chi connectivity index (χ4n) is 2.54. The highest BCUT2D eigenvalue weighted by Gasteiger charge is 2.17. The molecule has 0 radical (unpaired) electrons. The maximum Gasteiger partial charge on any atom is 0.269 e. The van der Waals surface area contributed by atoms with E-state index in [-0.39, 0.29) is 17.3 Å². The zero-order valence-corrected chi connectivity index (χ0v) is 18.4. The van der Waals surface area contributed by atoms with Gasteiger partial charge in [0.25, 0.3) is 5.69 Å². The third-order valence-corrected chi connectivity index (χ3v) is 6.06. The Kier molecular flexibility index (Phi) is 7.46. The number of nitro groups is 1.